The molecule has 6 heteroatoms. The number of benzene rings is 1. The second-order valence-corrected chi connectivity index (χ2v) is 5.38. The minimum Gasteiger partial charge on any atom is -0.295 e. The Morgan fingerprint density at radius 3 is 2.95 bits per heavy atom. The second-order valence-electron chi connectivity index (χ2n) is 4.13. The maximum Gasteiger partial charge on any atom is 0.321 e. The number of aryl methyl sites for hydroxylation is 1. The average Bonchev–Trinajstić information content (AvgIpc) is 2.39. The Morgan fingerprint density at radius 1 is 1.37 bits per heavy atom. The van der Waals surface area contributed by atoms with E-state index >= 15 is 0 Å². The largest absolute Gasteiger partial charge is 0.321 e. The molecule has 2 heterocycles. The molecule has 0 atom stereocenters. The van der Waals surface area contributed by atoms with Gasteiger partial charge in [0.05, 0.1) is 5.39 Å². The molecule has 0 bridgehead atoms. The lowest BCUT2D eigenvalue weighted by Crippen LogP contribution is -2.38. The molecule has 3 aromatic rings. The van der Waals surface area contributed by atoms with Gasteiger partial charge in [-0.15, -0.1) is 0 Å². The number of aromatic amines is 1. The highest BCUT2D eigenvalue weighted by atomic mass is 32.2. The summed E-state index contributed by atoms with van der Waals surface area (Å²) < 4.78 is 1.62. The lowest BCUT2D eigenvalue weighted by atomic mass is 10.2. The minimum absolute atomic E-state index is 0.132. The molecule has 0 aliphatic heterocycles. The SMILES string of the molecule is CCSc1n[n+]2c(C)nc3ccccc3c2c(=O)[nH]1. The normalized spacial score (nSPS) is 11.3. The van der Waals surface area contributed by atoms with E-state index in [4.69, 9.17) is 0 Å². The maximum absolute atomic E-state index is 12.3. The van der Waals surface area contributed by atoms with Crippen LogP contribution in [0.4, 0.5) is 0 Å². The summed E-state index contributed by atoms with van der Waals surface area (Å²) >= 11 is 1.50. The van der Waals surface area contributed by atoms with Gasteiger partial charge in [-0.3, -0.25) is 9.78 Å². The summed E-state index contributed by atoms with van der Waals surface area (Å²) in [4.78, 5) is 19.6. The van der Waals surface area contributed by atoms with Gasteiger partial charge in [-0.1, -0.05) is 40.4 Å². The van der Waals surface area contributed by atoms with E-state index in [-0.39, 0.29) is 5.56 Å². The fourth-order valence-corrected chi connectivity index (χ4v) is 2.66. The molecule has 19 heavy (non-hydrogen) atoms. The van der Waals surface area contributed by atoms with Crippen LogP contribution in [0.3, 0.4) is 0 Å². The van der Waals surface area contributed by atoms with Gasteiger partial charge >= 0.3 is 11.4 Å². The van der Waals surface area contributed by atoms with Crippen LogP contribution >= 0.6 is 11.8 Å². The molecular formula is C13H13N4OS+. The fourth-order valence-electron chi connectivity index (χ4n) is 2.08. The number of rotatable bonds is 2. The molecule has 96 valence electrons. The standard InChI is InChI=1S/C13H12N4OS/c1-3-19-13-15-12(18)11-9-6-4-5-7-10(9)14-8(2)17(11)16-13/h4-7H,3H2,1-2H3/p+1. The molecule has 0 saturated heterocycles. The fraction of sp³-hybridized carbons (Fsp3) is 0.231. The van der Waals surface area contributed by atoms with Gasteiger partial charge in [0.15, 0.2) is 5.52 Å². The van der Waals surface area contributed by atoms with Gasteiger partial charge in [-0.25, -0.2) is 0 Å². The van der Waals surface area contributed by atoms with E-state index in [1.165, 1.54) is 11.8 Å². The van der Waals surface area contributed by atoms with Crippen LogP contribution in [-0.4, -0.2) is 20.8 Å². The van der Waals surface area contributed by atoms with Crippen molar-refractivity contribution in [1.29, 1.82) is 0 Å². The smallest absolute Gasteiger partial charge is 0.295 e. The van der Waals surface area contributed by atoms with Crippen molar-refractivity contribution < 1.29 is 4.52 Å². The molecule has 0 radical (unpaired) electrons. The Kier molecular flexibility index (Phi) is 2.94. The quantitative estimate of drug-likeness (QED) is 0.436. The molecular weight excluding hydrogens is 260 g/mol. The Balaban J connectivity index is 2.48. The number of thioether (sulfide) groups is 1. The van der Waals surface area contributed by atoms with E-state index < -0.39 is 0 Å². The average molecular weight is 273 g/mol. The van der Waals surface area contributed by atoms with Crippen molar-refractivity contribution in [2.24, 2.45) is 0 Å². The van der Waals surface area contributed by atoms with Gasteiger partial charge in [0, 0.05) is 6.92 Å². The van der Waals surface area contributed by atoms with E-state index in [1.54, 1.807) is 4.52 Å². The Bertz CT molecular complexity index is 828. The summed E-state index contributed by atoms with van der Waals surface area (Å²) in [6, 6.07) is 7.60. The highest BCUT2D eigenvalue weighted by Crippen LogP contribution is 2.14. The first kappa shape index (κ1) is 12.1. The Labute approximate surface area is 113 Å². The zero-order valence-electron chi connectivity index (χ0n) is 10.7. The van der Waals surface area contributed by atoms with Crippen molar-refractivity contribution >= 4 is 28.2 Å². The number of aromatic nitrogens is 4. The molecule has 1 aromatic carbocycles. The highest BCUT2D eigenvalue weighted by Gasteiger charge is 2.18. The van der Waals surface area contributed by atoms with Crippen LogP contribution in [0.2, 0.25) is 0 Å². The molecule has 0 fully saturated rings. The third kappa shape index (κ3) is 1.98. The Morgan fingerprint density at radius 2 is 2.16 bits per heavy atom. The van der Waals surface area contributed by atoms with Gasteiger partial charge in [-0.05, 0) is 22.9 Å². The maximum atomic E-state index is 12.3. The summed E-state index contributed by atoms with van der Waals surface area (Å²) in [5.74, 6) is 1.56. The Hall–Kier alpha value is -1.95. The van der Waals surface area contributed by atoms with Crippen molar-refractivity contribution in [3.05, 3.63) is 40.4 Å². The van der Waals surface area contributed by atoms with Crippen LogP contribution < -0.4 is 10.1 Å². The summed E-state index contributed by atoms with van der Waals surface area (Å²) in [5, 5.41) is 5.87. The number of para-hydroxylation sites is 1. The van der Waals surface area contributed by atoms with E-state index in [9.17, 15) is 4.79 Å². The number of nitrogens with one attached hydrogen (secondary N) is 1. The topological polar surface area (TPSA) is 62.7 Å². The molecule has 0 amide bonds. The molecule has 0 aliphatic rings. The van der Waals surface area contributed by atoms with Crippen molar-refractivity contribution in [3.63, 3.8) is 0 Å². The second kappa shape index (κ2) is 4.62. The van der Waals surface area contributed by atoms with Crippen molar-refractivity contribution in [3.8, 4) is 0 Å². The first-order valence-corrected chi connectivity index (χ1v) is 7.04. The van der Waals surface area contributed by atoms with E-state index in [1.807, 2.05) is 38.1 Å². The molecule has 2 aromatic heterocycles. The van der Waals surface area contributed by atoms with Gasteiger partial charge in [0.2, 0.25) is 10.7 Å². The van der Waals surface area contributed by atoms with E-state index in [2.05, 4.69) is 15.1 Å². The van der Waals surface area contributed by atoms with Crippen molar-refractivity contribution in [2.45, 2.75) is 19.0 Å². The molecule has 1 N–H and O–H groups in total. The van der Waals surface area contributed by atoms with Crippen LogP contribution in [0.15, 0.2) is 34.2 Å². The summed E-state index contributed by atoms with van der Waals surface area (Å²) in [6.45, 7) is 3.87. The highest BCUT2D eigenvalue weighted by molar-refractivity contribution is 7.99. The van der Waals surface area contributed by atoms with Crippen LogP contribution in [0.5, 0.6) is 0 Å². The third-order valence-corrected chi connectivity index (χ3v) is 3.61. The lowest BCUT2D eigenvalue weighted by Gasteiger charge is -2.00. The van der Waals surface area contributed by atoms with Gasteiger partial charge < -0.3 is 0 Å². The molecule has 5 nitrogen and oxygen atoms in total. The van der Waals surface area contributed by atoms with Crippen LogP contribution in [0, 0.1) is 6.92 Å². The third-order valence-electron chi connectivity index (χ3n) is 2.87. The van der Waals surface area contributed by atoms with Crippen LogP contribution in [-0.2, 0) is 0 Å². The number of hydrogen-bond acceptors (Lipinski definition) is 4. The number of nitrogens with zero attached hydrogens (tertiary/aromatic N) is 3. The molecule has 0 aliphatic carbocycles. The molecule has 0 saturated carbocycles. The zero-order chi connectivity index (χ0) is 13.4. The van der Waals surface area contributed by atoms with Crippen LogP contribution in [0.1, 0.15) is 12.7 Å². The summed E-state index contributed by atoms with van der Waals surface area (Å²) in [7, 11) is 0. The first-order chi connectivity index (χ1) is 9.20. The minimum atomic E-state index is -0.132. The van der Waals surface area contributed by atoms with Gasteiger partial charge in [-0.2, -0.15) is 0 Å². The first-order valence-electron chi connectivity index (χ1n) is 6.05. The van der Waals surface area contributed by atoms with Gasteiger partial charge in [0.25, 0.3) is 0 Å². The molecule has 0 spiro atoms. The van der Waals surface area contributed by atoms with Crippen LogP contribution in [0.25, 0.3) is 16.4 Å². The predicted octanol–water partition coefficient (Wildman–Crippen LogP) is 1.48. The monoisotopic (exact) mass is 273 g/mol. The predicted molar refractivity (Wildman–Crippen MR) is 74.5 cm³/mol. The lowest BCUT2D eigenvalue weighted by molar-refractivity contribution is -0.596. The summed E-state index contributed by atoms with van der Waals surface area (Å²) in [5.41, 5.74) is 1.22. The van der Waals surface area contributed by atoms with Gasteiger partial charge in [0.1, 0.15) is 0 Å². The number of H-pyrrole nitrogens is 1. The van der Waals surface area contributed by atoms with E-state index in [0.29, 0.717) is 16.5 Å². The number of hydrogen-bond donors (Lipinski definition) is 1. The molecule has 3 rings (SSSR count). The zero-order valence-corrected chi connectivity index (χ0v) is 11.5. The van der Waals surface area contributed by atoms with Crippen molar-refractivity contribution in [1.82, 2.24) is 15.1 Å². The summed E-state index contributed by atoms with van der Waals surface area (Å²) in [6.07, 6.45) is 0. The number of fused-ring (bicyclic) bond motifs is 3. The van der Waals surface area contributed by atoms with E-state index in [0.717, 1.165) is 16.7 Å². The van der Waals surface area contributed by atoms with Crippen molar-refractivity contribution in [2.75, 3.05) is 5.75 Å². The molecule has 0 unspecified atom stereocenters.